The standard InChI is InChI=1S/C12H12N2O/c1-9-6-7-12(14-13-9)10-4-3-5-11(8-10)15-2/h3-8H,1-2H3. The van der Waals surface area contributed by atoms with E-state index < -0.39 is 0 Å². The molecule has 0 aliphatic rings. The quantitative estimate of drug-likeness (QED) is 0.747. The minimum absolute atomic E-state index is 0.829. The highest BCUT2D eigenvalue weighted by atomic mass is 16.5. The van der Waals surface area contributed by atoms with Gasteiger partial charge in [0, 0.05) is 5.56 Å². The fourth-order valence-corrected chi connectivity index (χ4v) is 1.34. The number of methoxy groups -OCH3 is 1. The van der Waals surface area contributed by atoms with Gasteiger partial charge in [0.2, 0.25) is 0 Å². The summed E-state index contributed by atoms with van der Waals surface area (Å²) in [7, 11) is 1.65. The molecule has 0 aliphatic carbocycles. The van der Waals surface area contributed by atoms with Gasteiger partial charge in [-0.2, -0.15) is 10.2 Å². The van der Waals surface area contributed by atoms with Crippen LogP contribution in [-0.4, -0.2) is 17.3 Å². The zero-order valence-corrected chi connectivity index (χ0v) is 8.77. The predicted octanol–water partition coefficient (Wildman–Crippen LogP) is 2.46. The molecule has 3 heteroatoms. The summed E-state index contributed by atoms with van der Waals surface area (Å²) in [4.78, 5) is 0. The average Bonchev–Trinajstić information content (AvgIpc) is 2.30. The number of hydrogen-bond acceptors (Lipinski definition) is 3. The van der Waals surface area contributed by atoms with Crippen LogP contribution in [0, 0.1) is 6.92 Å². The lowest BCUT2D eigenvalue weighted by Crippen LogP contribution is -1.90. The first-order chi connectivity index (χ1) is 7.29. The summed E-state index contributed by atoms with van der Waals surface area (Å²) in [6, 6.07) is 11.7. The summed E-state index contributed by atoms with van der Waals surface area (Å²) in [5, 5.41) is 8.14. The second-order valence-corrected chi connectivity index (χ2v) is 3.29. The molecule has 0 radical (unpaired) electrons. The molecule has 1 heterocycles. The normalized spacial score (nSPS) is 10.0. The number of ether oxygens (including phenoxy) is 1. The number of benzene rings is 1. The van der Waals surface area contributed by atoms with E-state index >= 15 is 0 Å². The van der Waals surface area contributed by atoms with Crippen LogP contribution in [-0.2, 0) is 0 Å². The molecule has 1 aromatic heterocycles. The molecule has 0 fully saturated rings. The second-order valence-electron chi connectivity index (χ2n) is 3.29. The summed E-state index contributed by atoms with van der Waals surface area (Å²) in [5.74, 6) is 0.829. The molecule has 0 amide bonds. The van der Waals surface area contributed by atoms with E-state index in [2.05, 4.69) is 10.2 Å². The lowest BCUT2D eigenvalue weighted by atomic mass is 10.1. The van der Waals surface area contributed by atoms with E-state index in [1.807, 2.05) is 43.3 Å². The number of nitrogens with zero attached hydrogens (tertiary/aromatic N) is 2. The third-order valence-electron chi connectivity index (χ3n) is 2.16. The number of rotatable bonds is 2. The smallest absolute Gasteiger partial charge is 0.119 e. The lowest BCUT2D eigenvalue weighted by Gasteiger charge is -2.03. The maximum Gasteiger partial charge on any atom is 0.119 e. The Hall–Kier alpha value is -1.90. The minimum Gasteiger partial charge on any atom is -0.497 e. The van der Waals surface area contributed by atoms with Crippen LogP contribution in [0.2, 0.25) is 0 Å². The number of hydrogen-bond donors (Lipinski definition) is 0. The Bertz CT molecular complexity index is 451. The van der Waals surface area contributed by atoms with Crippen LogP contribution >= 0.6 is 0 Å². The van der Waals surface area contributed by atoms with Crippen molar-refractivity contribution >= 4 is 0 Å². The van der Waals surface area contributed by atoms with Crippen molar-refractivity contribution in [3.8, 4) is 17.0 Å². The Labute approximate surface area is 88.7 Å². The Morgan fingerprint density at radius 2 is 1.93 bits per heavy atom. The van der Waals surface area contributed by atoms with Gasteiger partial charge in [0.05, 0.1) is 18.5 Å². The second kappa shape index (κ2) is 4.09. The molecule has 15 heavy (non-hydrogen) atoms. The van der Waals surface area contributed by atoms with Gasteiger partial charge >= 0.3 is 0 Å². The van der Waals surface area contributed by atoms with E-state index in [0.717, 1.165) is 22.7 Å². The van der Waals surface area contributed by atoms with Crippen LogP contribution in [0.4, 0.5) is 0 Å². The van der Waals surface area contributed by atoms with Crippen LogP contribution in [0.15, 0.2) is 36.4 Å². The first kappa shape index (κ1) is 9.65. The first-order valence-electron chi connectivity index (χ1n) is 4.74. The summed E-state index contributed by atoms with van der Waals surface area (Å²) in [6.45, 7) is 1.92. The van der Waals surface area contributed by atoms with Gasteiger partial charge in [0.15, 0.2) is 0 Å². The van der Waals surface area contributed by atoms with E-state index in [1.165, 1.54) is 0 Å². The van der Waals surface area contributed by atoms with Crippen LogP contribution in [0.1, 0.15) is 5.69 Å². The molecule has 0 unspecified atom stereocenters. The van der Waals surface area contributed by atoms with Crippen molar-refractivity contribution < 1.29 is 4.74 Å². The van der Waals surface area contributed by atoms with Crippen LogP contribution in [0.3, 0.4) is 0 Å². The van der Waals surface area contributed by atoms with Crippen molar-refractivity contribution in [1.29, 1.82) is 0 Å². The molecule has 2 rings (SSSR count). The molecule has 0 bridgehead atoms. The monoisotopic (exact) mass is 200 g/mol. The van der Waals surface area contributed by atoms with Gasteiger partial charge in [-0.1, -0.05) is 12.1 Å². The summed E-state index contributed by atoms with van der Waals surface area (Å²) in [5.41, 5.74) is 2.79. The Morgan fingerprint density at radius 3 is 2.60 bits per heavy atom. The van der Waals surface area contributed by atoms with Gasteiger partial charge in [-0.25, -0.2) is 0 Å². The third-order valence-corrected chi connectivity index (χ3v) is 2.16. The van der Waals surface area contributed by atoms with E-state index in [-0.39, 0.29) is 0 Å². The molecule has 0 aliphatic heterocycles. The highest BCUT2D eigenvalue weighted by Gasteiger charge is 2.00. The first-order valence-corrected chi connectivity index (χ1v) is 4.74. The average molecular weight is 200 g/mol. The van der Waals surface area contributed by atoms with Crippen molar-refractivity contribution in [2.24, 2.45) is 0 Å². The molecule has 0 saturated carbocycles. The van der Waals surface area contributed by atoms with Crippen LogP contribution in [0.25, 0.3) is 11.3 Å². The highest BCUT2D eigenvalue weighted by Crippen LogP contribution is 2.21. The van der Waals surface area contributed by atoms with Crippen LogP contribution < -0.4 is 4.74 Å². The van der Waals surface area contributed by atoms with Gasteiger partial charge in [0.1, 0.15) is 5.75 Å². The molecule has 2 aromatic rings. The highest BCUT2D eigenvalue weighted by molar-refractivity contribution is 5.60. The summed E-state index contributed by atoms with van der Waals surface area (Å²) < 4.78 is 5.15. The molecule has 3 nitrogen and oxygen atoms in total. The third kappa shape index (κ3) is 2.13. The van der Waals surface area contributed by atoms with E-state index in [9.17, 15) is 0 Å². The van der Waals surface area contributed by atoms with Gasteiger partial charge in [0.25, 0.3) is 0 Å². The molecule has 0 atom stereocenters. The Balaban J connectivity index is 2.40. The van der Waals surface area contributed by atoms with Gasteiger partial charge in [-0.3, -0.25) is 0 Å². The maximum atomic E-state index is 5.15. The lowest BCUT2D eigenvalue weighted by molar-refractivity contribution is 0.415. The van der Waals surface area contributed by atoms with Crippen molar-refractivity contribution in [3.05, 3.63) is 42.1 Å². The zero-order chi connectivity index (χ0) is 10.7. The van der Waals surface area contributed by atoms with Crippen LogP contribution in [0.5, 0.6) is 5.75 Å². The van der Waals surface area contributed by atoms with Crippen molar-refractivity contribution in [1.82, 2.24) is 10.2 Å². The maximum absolute atomic E-state index is 5.15. The Kier molecular flexibility index (Phi) is 2.63. The van der Waals surface area contributed by atoms with Crippen molar-refractivity contribution in [3.63, 3.8) is 0 Å². The van der Waals surface area contributed by atoms with E-state index in [4.69, 9.17) is 4.74 Å². The summed E-state index contributed by atoms with van der Waals surface area (Å²) in [6.07, 6.45) is 0. The molecular weight excluding hydrogens is 188 g/mol. The van der Waals surface area contributed by atoms with Crippen molar-refractivity contribution in [2.75, 3.05) is 7.11 Å². The SMILES string of the molecule is COc1cccc(-c2ccc(C)nn2)c1. The van der Waals surface area contributed by atoms with Gasteiger partial charge in [-0.05, 0) is 31.2 Å². The van der Waals surface area contributed by atoms with Crippen molar-refractivity contribution in [2.45, 2.75) is 6.92 Å². The molecule has 0 spiro atoms. The predicted molar refractivity (Wildman–Crippen MR) is 58.8 cm³/mol. The number of aryl methyl sites for hydroxylation is 1. The fourth-order valence-electron chi connectivity index (χ4n) is 1.34. The summed E-state index contributed by atoms with van der Waals surface area (Å²) >= 11 is 0. The van der Waals surface area contributed by atoms with Gasteiger partial charge in [-0.15, -0.1) is 0 Å². The minimum atomic E-state index is 0.829. The Morgan fingerprint density at radius 1 is 1.07 bits per heavy atom. The van der Waals surface area contributed by atoms with E-state index in [1.54, 1.807) is 7.11 Å². The molecule has 0 saturated heterocycles. The number of aromatic nitrogens is 2. The van der Waals surface area contributed by atoms with Gasteiger partial charge < -0.3 is 4.74 Å². The molecular formula is C12H12N2O. The zero-order valence-electron chi connectivity index (χ0n) is 8.77. The largest absolute Gasteiger partial charge is 0.497 e. The van der Waals surface area contributed by atoms with E-state index in [0.29, 0.717) is 0 Å². The molecule has 76 valence electrons. The fraction of sp³-hybridized carbons (Fsp3) is 0.167. The molecule has 1 aromatic carbocycles. The topological polar surface area (TPSA) is 35.0 Å². The molecule has 0 N–H and O–H groups in total.